The Morgan fingerprint density at radius 1 is 1.26 bits per heavy atom. The zero-order chi connectivity index (χ0) is 28.4. The van der Waals surface area contributed by atoms with Gasteiger partial charge in [0.2, 0.25) is 17.8 Å². The van der Waals surface area contributed by atoms with Gasteiger partial charge in [0.05, 0.1) is 18.3 Å². The first-order valence-corrected chi connectivity index (χ1v) is 12.4. The summed E-state index contributed by atoms with van der Waals surface area (Å²) in [5.41, 5.74) is 1.20. The predicted octanol–water partition coefficient (Wildman–Crippen LogP) is 3.00. The Hall–Kier alpha value is -4.11. The van der Waals surface area contributed by atoms with Crippen molar-refractivity contribution in [3.05, 3.63) is 54.0 Å². The van der Waals surface area contributed by atoms with Crippen LogP contribution < -0.4 is 16.0 Å². The molecule has 3 rings (SSSR count). The highest BCUT2D eigenvalue weighted by Gasteiger charge is 2.49. The van der Waals surface area contributed by atoms with Crippen molar-refractivity contribution in [2.24, 2.45) is 0 Å². The van der Waals surface area contributed by atoms with Crippen molar-refractivity contribution < 1.29 is 22.8 Å². The number of hydrogen-bond acceptors (Lipinski definition) is 7. The fourth-order valence-electron chi connectivity index (χ4n) is 3.79. The third kappa shape index (κ3) is 9.00. The smallest absolute Gasteiger partial charge is 0.267 e. The van der Waals surface area contributed by atoms with Gasteiger partial charge in [0.1, 0.15) is 17.7 Å². The highest BCUT2D eigenvalue weighted by molar-refractivity contribution is 5.93. The van der Waals surface area contributed by atoms with E-state index in [4.69, 9.17) is 0 Å². The molecular weight excluding hydrogens is 511 g/mol. The van der Waals surface area contributed by atoms with Gasteiger partial charge in [0.15, 0.2) is 0 Å². The van der Waals surface area contributed by atoms with E-state index in [1.165, 1.54) is 18.2 Å². The average molecular weight is 544 g/mol. The summed E-state index contributed by atoms with van der Waals surface area (Å²) in [6, 6.07) is 4.57. The van der Waals surface area contributed by atoms with Crippen molar-refractivity contribution in [1.29, 1.82) is 0 Å². The molecule has 1 unspecified atom stereocenters. The predicted molar refractivity (Wildman–Crippen MR) is 143 cm³/mol. The lowest BCUT2D eigenvalue weighted by atomic mass is 10.1. The van der Waals surface area contributed by atoms with Crippen molar-refractivity contribution in [2.75, 3.05) is 51.4 Å². The summed E-state index contributed by atoms with van der Waals surface area (Å²) in [5, 5.41) is 8.58. The van der Waals surface area contributed by atoms with Crippen LogP contribution in [-0.2, 0) is 9.59 Å². The van der Waals surface area contributed by atoms with E-state index in [-0.39, 0.29) is 12.4 Å². The van der Waals surface area contributed by atoms with Gasteiger partial charge in [-0.3, -0.25) is 9.59 Å². The molecule has 208 valence electrons. The van der Waals surface area contributed by atoms with E-state index in [0.717, 1.165) is 4.90 Å². The number of alkyl halides is 2. The molecule has 1 fully saturated rings. The molecule has 3 N–H and O–H groups in total. The van der Waals surface area contributed by atoms with Crippen LogP contribution in [0.3, 0.4) is 0 Å². The Morgan fingerprint density at radius 3 is 2.69 bits per heavy atom. The molecule has 0 radical (unpaired) electrons. The first kappa shape index (κ1) is 29.4. The van der Waals surface area contributed by atoms with Crippen LogP contribution in [-0.4, -0.2) is 84.3 Å². The number of likely N-dealkylation sites (N-methyl/N-ethyl adjacent to an activating group) is 1. The number of aromatic nitrogens is 2. The zero-order valence-electron chi connectivity index (χ0n) is 22.1. The molecular formula is C27H32F3N7O2. The first-order chi connectivity index (χ1) is 18.6. The number of carbonyl (C=O) groups excluding carboxylic acids is 2. The average Bonchev–Trinajstić information content (AvgIpc) is 3.23. The maximum Gasteiger partial charge on any atom is 0.267 e. The zero-order valence-corrected chi connectivity index (χ0v) is 22.1. The first-order valence-electron chi connectivity index (χ1n) is 12.4. The Morgan fingerprint density at radius 2 is 2.00 bits per heavy atom. The number of benzene rings is 1. The van der Waals surface area contributed by atoms with Gasteiger partial charge in [-0.25, -0.2) is 18.2 Å². The van der Waals surface area contributed by atoms with Crippen molar-refractivity contribution >= 4 is 29.3 Å². The van der Waals surface area contributed by atoms with Gasteiger partial charge in [-0.2, -0.15) is 4.98 Å². The Balaban J connectivity index is 1.49. The summed E-state index contributed by atoms with van der Waals surface area (Å²) < 4.78 is 41.1. The molecule has 1 aromatic heterocycles. The Bertz CT molecular complexity index is 1240. The third-order valence-electron chi connectivity index (χ3n) is 5.71. The summed E-state index contributed by atoms with van der Waals surface area (Å²) >= 11 is 0. The highest BCUT2D eigenvalue weighted by atomic mass is 19.3. The van der Waals surface area contributed by atoms with E-state index in [0.29, 0.717) is 42.4 Å². The number of halogens is 3. The van der Waals surface area contributed by atoms with Crippen LogP contribution in [0, 0.1) is 17.7 Å². The van der Waals surface area contributed by atoms with Crippen LogP contribution in [0.2, 0.25) is 0 Å². The minimum Gasteiger partial charge on any atom is -0.372 e. The lowest BCUT2D eigenvalue weighted by Crippen LogP contribution is -2.45. The van der Waals surface area contributed by atoms with Gasteiger partial charge in [-0.05, 0) is 44.8 Å². The second-order valence-electron chi connectivity index (χ2n) is 9.24. The lowest BCUT2D eigenvalue weighted by Gasteiger charge is -2.21. The molecule has 2 aromatic rings. The minimum atomic E-state index is -3.12. The molecule has 1 aliphatic heterocycles. The molecule has 1 saturated heterocycles. The van der Waals surface area contributed by atoms with Crippen LogP contribution in [0.4, 0.5) is 30.6 Å². The molecule has 0 saturated carbocycles. The van der Waals surface area contributed by atoms with E-state index in [9.17, 15) is 22.8 Å². The maximum atomic E-state index is 14.0. The van der Waals surface area contributed by atoms with Crippen LogP contribution in [0.1, 0.15) is 24.8 Å². The van der Waals surface area contributed by atoms with Crippen LogP contribution in [0.15, 0.2) is 42.6 Å². The fraction of sp³-hybridized carbons (Fsp3) is 0.407. The summed E-state index contributed by atoms with van der Waals surface area (Å²) in [4.78, 5) is 36.3. The molecule has 2 amide bonds. The summed E-state index contributed by atoms with van der Waals surface area (Å²) in [7, 11) is 5.33. The summed E-state index contributed by atoms with van der Waals surface area (Å²) in [5.74, 6) is 2.10. The molecule has 0 aliphatic carbocycles. The summed E-state index contributed by atoms with van der Waals surface area (Å²) in [6.45, 7) is -0.0768. The largest absolute Gasteiger partial charge is 0.372 e. The van der Waals surface area contributed by atoms with Crippen molar-refractivity contribution in [2.45, 2.75) is 31.2 Å². The highest BCUT2D eigenvalue weighted by Crippen LogP contribution is 2.32. The van der Waals surface area contributed by atoms with E-state index in [1.807, 2.05) is 19.0 Å². The van der Waals surface area contributed by atoms with Crippen molar-refractivity contribution in [1.82, 2.24) is 25.1 Å². The summed E-state index contributed by atoms with van der Waals surface area (Å²) in [6.07, 6.45) is 4.57. The van der Waals surface area contributed by atoms with E-state index in [1.54, 1.807) is 31.5 Å². The molecule has 1 aliphatic rings. The van der Waals surface area contributed by atoms with E-state index < -0.39 is 36.7 Å². The van der Waals surface area contributed by atoms with Gasteiger partial charge in [0.25, 0.3) is 5.92 Å². The van der Waals surface area contributed by atoms with Gasteiger partial charge in [0, 0.05) is 44.7 Å². The fourth-order valence-corrected chi connectivity index (χ4v) is 3.79. The topological polar surface area (TPSA) is 102 Å². The number of nitrogens with one attached hydrogen (secondary N) is 3. The quantitative estimate of drug-likeness (QED) is 0.241. The second kappa shape index (κ2) is 13.6. The van der Waals surface area contributed by atoms with Gasteiger partial charge in [-0.15, -0.1) is 0 Å². The number of nitrogens with zero attached hydrogens (tertiary/aromatic N) is 4. The van der Waals surface area contributed by atoms with Crippen LogP contribution >= 0.6 is 0 Å². The maximum absolute atomic E-state index is 14.0. The van der Waals surface area contributed by atoms with E-state index >= 15 is 0 Å². The SMILES string of the molecule is CNc1nc(Nc2ccc(F)cc2)ncc1C#CCCCNC(=O)C1CC(F)(F)CN1C(=O)/C=C/CN(C)C. The molecule has 39 heavy (non-hydrogen) atoms. The van der Waals surface area contributed by atoms with Gasteiger partial charge < -0.3 is 25.8 Å². The normalized spacial score (nSPS) is 16.2. The number of rotatable bonds is 10. The number of hydrogen-bond donors (Lipinski definition) is 3. The number of carbonyl (C=O) groups is 2. The Labute approximate surface area is 225 Å². The van der Waals surface area contributed by atoms with Crippen molar-refractivity contribution in [3.8, 4) is 11.8 Å². The minimum absolute atomic E-state index is 0.226. The monoisotopic (exact) mass is 543 g/mol. The van der Waals surface area contributed by atoms with E-state index in [2.05, 4.69) is 37.8 Å². The molecule has 2 heterocycles. The lowest BCUT2D eigenvalue weighted by molar-refractivity contribution is -0.135. The molecule has 1 atom stereocenters. The van der Waals surface area contributed by atoms with Gasteiger partial charge in [-0.1, -0.05) is 17.9 Å². The molecule has 0 bridgehead atoms. The molecule has 9 nitrogen and oxygen atoms in total. The molecule has 0 spiro atoms. The molecule has 12 heteroatoms. The van der Waals surface area contributed by atoms with Crippen LogP contribution in [0.5, 0.6) is 0 Å². The number of anilines is 3. The Kier molecular flexibility index (Phi) is 10.3. The van der Waals surface area contributed by atoms with Gasteiger partial charge >= 0.3 is 0 Å². The standard InChI is InChI=1S/C27H32F3N7O2/c1-31-24-19(17-33-26(35-24)34-21-12-10-20(28)11-13-21)8-5-4-6-14-32-25(39)22-16-27(29,30)18-37(22)23(38)9-7-15-36(2)3/h7,9-13,17,22H,4,6,14-16,18H2,1-3H3,(H,32,39)(H2,31,33,34,35)/b9-7+. The van der Waals surface area contributed by atoms with Crippen molar-refractivity contribution in [3.63, 3.8) is 0 Å². The number of amides is 2. The van der Waals surface area contributed by atoms with Crippen LogP contribution in [0.25, 0.3) is 0 Å². The second-order valence-corrected chi connectivity index (χ2v) is 9.24. The molecule has 1 aromatic carbocycles. The number of likely N-dealkylation sites (tertiary alicyclic amines) is 1. The third-order valence-corrected chi connectivity index (χ3v) is 5.71. The number of unbranched alkanes of at least 4 members (excludes halogenated alkanes) is 1.